The zero-order valence-corrected chi connectivity index (χ0v) is 7.93. The van der Waals surface area contributed by atoms with Gasteiger partial charge in [0.05, 0.1) is 6.73 Å². The monoisotopic (exact) mass is 208 g/mol. The van der Waals surface area contributed by atoms with Crippen LogP contribution >= 0.6 is 0 Å². The van der Waals surface area contributed by atoms with Crippen molar-refractivity contribution in [3.05, 3.63) is 0 Å². The van der Waals surface area contributed by atoms with Gasteiger partial charge in [0, 0.05) is 6.42 Å². The third-order valence-electron chi connectivity index (χ3n) is 1.14. The third-order valence-corrected chi connectivity index (χ3v) is 1.14. The number of nitrogens with two attached hydrogens (primary N) is 1. The number of nitrogens with one attached hydrogen (secondary N) is 1. The Morgan fingerprint density at radius 2 is 1.86 bits per heavy atom. The first kappa shape index (κ1) is 15.3. The summed E-state index contributed by atoms with van der Waals surface area (Å²) in [4.78, 5) is 19.9. The summed E-state index contributed by atoms with van der Waals surface area (Å²) in [7, 11) is 1.68. The molecule has 0 saturated heterocycles. The Hall–Kier alpha value is -1.18. The van der Waals surface area contributed by atoms with Gasteiger partial charge in [-0.3, -0.25) is 14.9 Å². The van der Waals surface area contributed by atoms with Gasteiger partial charge in [-0.15, -0.1) is 0 Å². The van der Waals surface area contributed by atoms with Gasteiger partial charge in [-0.05, 0) is 13.5 Å². The molecule has 0 unspecified atom stereocenters. The molecule has 0 aromatic rings. The van der Waals surface area contributed by atoms with Crippen molar-refractivity contribution in [3.8, 4) is 0 Å². The highest BCUT2D eigenvalue weighted by atomic mass is 16.4. The molecule has 0 aliphatic carbocycles. The molecule has 0 fully saturated rings. The lowest BCUT2D eigenvalue weighted by atomic mass is 10.2. The maximum Gasteiger partial charge on any atom is 0.320 e. The minimum Gasteiger partial charge on any atom is -0.481 e. The van der Waals surface area contributed by atoms with E-state index in [1.807, 2.05) is 0 Å². The van der Waals surface area contributed by atoms with Crippen molar-refractivity contribution in [2.75, 3.05) is 13.8 Å². The summed E-state index contributed by atoms with van der Waals surface area (Å²) in [6, 6.07) is -1.06. The van der Waals surface area contributed by atoms with E-state index in [-0.39, 0.29) is 19.6 Å². The van der Waals surface area contributed by atoms with Crippen LogP contribution in [0.5, 0.6) is 0 Å². The Balaban J connectivity index is 0. The molecule has 0 spiro atoms. The standard InChI is InChI=1S/C5H9NO4.C2H7NO/c6-3(5(9)10)1-2-4(7)8;1-3-2-4/h3H,1-2,6H2,(H,7,8)(H,9,10);3-4H,2H2,1H3/t3-;/m0./s1. The molecule has 7 heteroatoms. The molecule has 0 saturated carbocycles. The number of carboxylic acids is 2. The summed E-state index contributed by atoms with van der Waals surface area (Å²) >= 11 is 0. The normalized spacial score (nSPS) is 11.1. The third kappa shape index (κ3) is 13.4. The molecular weight excluding hydrogens is 192 g/mol. The van der Waals surface area contributed by atoms with Crippen LogP contribution in [0.4, 0.5) is 0 Å². The fraction of sp³-hybridized carbons (Fsp3) is 0.714. The van der Waals surface area contributed by atoms with E-state index < -0.39 is 18.0 Å². The largest absolute Gasteiger partial charge is 0.481 e. The summed E-state index contributed by atoms with van der Waals surface area (Å²) in [6.45, 7) is 0.0694. The van der Waals surface area contributed by atoms with Crippen LogP contribution in [-0.2, 0) is 9.59 Å². The maximum absolute atomic E-state index is 9.99. The first-order valence-corrected chi connectivity index (χ1v) is 3.91. The molecule has 0 amide bonds. The van der Waals surface area contributed by atoms with Gasteiger partial charge in [-0.2, -0.15) is 0 Å². The van der Waals surface area contributed by atoms with Gasteiger partial charge in [-0.25, -0.2) is 0 Å². The van der Waals surface area contributed by atoms with E-state index in [0.717, 1.165) is 0 Å². The van der Waals surface area contributed by atoms with Gasteiger partial charge >= 0.3 is 11.9 Å². The molecule has 0 rings (SSSR count). The Morgan fingerprint density at radius 1 is 1.43 bits per heavy atom. The number of aliphatic hydroxyl groups excluding tert-OH is 1. The number of carbonyl (C=O) groups is 2. The zero-order chi connectivity index (χ0) is 11.6. The van der Waals surface area contributed by atoms with Crippen LogP contribution in [0.3, 0.4) is 0 Å². The van der Waals surface area contributed by atoms with Gasteiger partial charge in [0.15, 0.2) is 0 Å². The van der Waals surface area contributed by atoms with Crippen LogP contribution in [-0.4, -0.2) is 47.1 Å². The van der Waals surface area contributed by atoms with E-state index in [0.29, 0.717) is 0 Å². The van der Waals surface area contributed by atoms with Crippen molar-refractivity contribution in [2.45, 2.75) is 18.9 Å². The molecule has 84 valence electrons. The first-order valence-electron chi connectivity index (χ1n) is 3.91. The van der Waals surface area contributed by atoms with E-state index in [1.54, 1.807) is 7.05 Å². The Kier molecular flexibility index (Phi) is 10.8. The fourth-order valence-electron chi connectivity index (χ4n) is 0.402. The van der Waals surface area contributed by atoms with Crippen molar-refractivity contribution in [3.63, 3.8) is 0 Å². The van der Waals surface area contributed by atoms with Crippen molar-refractivity contribution >= 4 is 11.9 Å². The van der Waals surface area contributed by atoms with Crippen LogP contribution < -0.4 is 11.1 Å². The second-order valence-corrected chi connectivity index (χ2v) is 2.39. The summed E-state index contributed by atoms with van der Waals surface area (Å²) in [6.07, 6.45) is -0.224. The molecule has 0 radical (unpaired) electrons. The van der Waals surface area contributed by atoms with E-state index in [9.17, 15) is 9.59 Å². The van der Waals surface area contributed by atoms with Crippen molar-refractivity contribution in [2.24, 2.45) is 5.73 Å². The summed E-state index contributed by atoms with van der Waals surface area (Å²) in [5, 5.41) is 26.5. The highest BCUT2D eigenvalue weighted by Gasteiger charge is 2.12. The molecule has 0 aromatic carbocycles. The molecular formula is C7H16N2O5. The number of aliphatic hydroxyl groups is 1. The van der Waals surface area contributed by atoms with Crippen LogP contribution in [0.25, 0.3) is 0 Å². The molecule has 14 heavy (non-hydrogen) atoms. The molecule has 0 aliphatic heterocycles. The number of rotatable bonds is 5. The molecule has 1 atom stereocenters. The smallest absolute Gasteiger partial charge is 0.320 e. The van der Waals surface area contributed by atoms with Crippen LogP contribution in [0, 0.1) is 0 Å². The van der Waals surface area contributed by atoms with Crippen LogP contribution in [0.15, 0.2) is 0 Å². The molecule has 7 nitrogen and oxygen atoms in total. The summed E-state index contributed by atoms with van der Waals surface area (Å²) in [5.74, 6) is -2.20. The van der Waals surface area contributed by atoms with Gasteiger partial charge in [-0.1, -0.05) is 0 Å². The topological polar surface area (TPSA) is 133 Å². The lowest BCUT2D eigenvalue weighted by Crippen LogP contribution is -2.30. The number of carboxylic acid groups (broad SMARTS) is 2. The highest BCUT2D eigenvalue weighted by Crippen LogP contribution is 1.93. The Morgan fingerprint density at radius 3 is 2.07 bits per heavy atom. The van der Waals surface area contributed by atoms with Gasteiger partial charge < -0.3 is 21.1 Å². The predicted molar refractivity (Wildman–Crippen MR) is 48.6 cm³/mol. The van der Waals surface area contributed by atoms with Gasteiger partial charge in [0.2, 0.25) is 0 Å². The molecule has 0 heterocycles. The van der Waals surface area contributed by atoms with Crippen molar-refractivity contribution < 1.29 is 24.9 Å². The fourth-order valence-corrected chi connectivity index (χ4v) is 0.402. The summed E-state index contributed by atoms with van der Waals surface area (Å²) < 4.78 is 0. The average molecular weight is 208 g/mol. The molecule has 6 N–H and O–H groups in total. The number of hydrogen-bond acceptors (Lipinski definition) is 5. The Labute approximate surface area is 81.5 Å². The number of aliphatic carboxylic acids is 2. The molecule has 0 aromatic heterocycles. The van der Waals surface area contributed by atoms with Crippen LogP contribution in [0.1, 0.15) is 12.8 Å². The average Bonchev–Trinajstić information content (AvgIpc) is 2.14. The van der Waals surface area contributed by atoms with Gasteiger partial charge in [0.25, 0.3) is 0 Å². The van der Waals surface area contributed by atoms with E-state index in [2.05, 4.69) is 5.32 Å². The Bertz CT molecular complexity index is 171. The second kappa shape index (κ2) is 9.90. The SMILES string of the molecule is CNCO.N[C@@H](CCC(=O)O)C(=O)O. The quantitative estimate of drug-likeness (QED) is 0.344. The zero-order valence-electron chi connectivity index (χ0n) is 7.93. The summed E-state index contributed by atoms with van der Waals surface area (Å²) in [5.41, 5.74) is 5.00. The van der Waals surface area contributed by atoms with Crippen molar-refractivity contribution in [1.29, 1.82) is 0 Å². The lowest BCUT2D eigenvalue weighted by Gasteiger charge is -2.01. The highest BCUT2D eigenvalue weighted by molar-refractivity contribution is 5.74. The number of hydrogen-bond donors (Lipinski definition) is 5. The maximum atomic E-state index is 9.99. The molecule has 0 bridgehead atoms. The van der Waals surface area contributed by atoms with E-state index in [1.165, 1.54) is 0 Å². The minimum atomic E-state index is -1.17. The van der Waals surface area contributed by atoms with E-state index in [4.69, 9.17) is 21.1 Å². The first-order chi connectivity index (χ1) is 6.45. The minimum absolute atomic E-state index is 0.0231. The van der Waals surface area contributed by atoms with Crippen LogP contribution in [0.2, 0.25) is 0 Å². The second-order valence-electron chi connectivity index (χ2n) is 2.39. The lowest BCUT2D eigenvalue weighted by molar-refractivity contribution is -0.139. The van der Waals surface area contributed by atoms with E-state index >= 15 is 0 Å². The van der Waals surface area contributed by atoms with Crippen molar-refractivity contribution in [1.82, 2.24) is 5.32 Å². The van der Waals surface area contributed by atoms with Gasteiger partial charge in [0.1, 0.15) is 6.04 Å². The molecule has 0 aliphatic rings. The predicted octanol–water partition coefficient (Wildman–Crippen LogP) is -1.58.